The molecule has 3 heterocycles. The molecule has 12 heteroatoms. The highest BCUT2D eigenvalue weighted by Crippen LogP contribution is 2.36. The molecule has 1 fully saturated rings. The van der Waals surface area contributed by atoms with Crippen molar-refractivity contribution in [3.63, 3.8) is 0 Å². The third kappa shape index (κ3) is 3.89. The van der Waals surface area contributed by atoms with Crippen molar-refractivity contribution in [2.75, 3.05) is 23.3 Å². The molecule has 0 bridgehead atoms. The number of halogens is 1. The van der Waals surface area contributed by atoms with E-state index in [1.807, 2.05) is 6.07 Å². The van der Waals surface area contributed by atoms with Gasteiger partial charge in [0.2, 0.25) is 5.91 Å². The van der Waals surface area contributed by atoms with Crippen molar-refractivity contribution in [2.24, 2.45) is 0 Å². The number of amides is 2. The highest BCUT2D eigenvalue weighted by atomic mass is 35.5. The number of carbonyl (C=O) groups is 2. The number of anilines is 2. The van der Waals surface area contributed by atoms with E-state index in [2.05, 4.69) is 10.3 Å². The van der Waals surface area contributed by atoms with E-state index >= 15 is 0 Å². The topological polar surface area (TPSA) is 109 Å². The molecule has 0 radical (unpaired) electrons. The lowest BCUT2D eigenvalue weighted by Crippen LogP contribution is -2.50. The van der Waals surface area contributed by atoms with Gasteiger partial charge in [0.05, 0.1) is 11.9 Å². The van der Waals surface area contributed by atoms with Gasteiger partial charge in [0.1, 0.15) is 6.61 Å². The van der Waals surface area contributed by atoms with Crippen LogP contribution >= 0.6 is 22.9 Å². The van der Waals surface area contributed by atoms with Crippen LogP contribution in [-0.2, 0) is 26.2 Å². The molecule has 2 aliphatic rings. The summed E-state index contributed by atoms with van der Waals surface area (Å²) in [6.45, 7) is 1.96. The SMILES string of the molecule is CC(=O)Nc1ncc(S(=O)(=O)N2CCC(N3C(=O)OCc4c(Cl)cccc43)CC2)s1. The number of sulfonamides is 1. The Balaban J connectivity index is 1.49. The van der Waals surface area contributed by atoms with Gasteiger partial charge in [-0.15, -0.1) is 0 Å². The summed E-state index contributed by atoms with van der Waals surface area (Å²) in [5, 5.41) is 3.25. The van der Waals surface area contributed by atoms with Gasteiger partial charge in [-0.25, -0.2) is 18.2 Å². The molecule has 0 aliphatic carbocycles. The molecule has 0 spiro atoms. The number of ether oxygens (including phenoxy) is 1. The summed E-state index contributed by atoms with van der Waals surface area (Å²) in [5.74, 6) is -0.317. The van der Waals surface area contributed by atoms with Gasteiger partial charge in [0.25, 0.3) is 10.0 Å². The number of nitrogens with one attached hydrogen (secondary N) is 1. The zero-order chi connectivity index (χ0) is 21.5. The second-order valence-electron chi connectivity index (χ2n) is 6.96. The van der Waals surface area contributed by atoms with Crippen LogP contribution in [0.25, 0.3) is 0 Å². The van der Waals surface area contributed by atoms with Gasteiger partial charge in [0.15, 0.2) is 9.34 Å². The third-order valence-electron chi connectivity index (χ3n) is 5.04. The van der Waals surface area contributed by atoms with Crippen molar-refractivity contribution in [3.8, 4) is 0 Å². The zero-order valence-electron chi connectivity index (χ0n) is 16.0. The molecule has 0 atom stereocenters. The molecule has 1 aromatic heterocycles. The molecule has 0 unspecified atom stereocenters. The fourth-order valence-corrected chi connectivity index (χ4v) is 6.54. The van der Waals surface area contributed by atoms with Crippen molar-refractivity contribution in [1.82, 2.24) is 9.29 Å². The Morgan fingerprint density at radius 2 is 2.07 bits per heavy atom. The predicted molar refractivity (Wildman–Crippen MR) is 112 cm³/mol. The molecule has 0 saturated carbocycles. The van der Waals surface area contributed by atoms with Crippen molar-refractivity contribution in [3.05, 3.63) is 35.0 Å². The molecule has 2 aromatic rings. The van der Waals surface area contributed by atoms with Crippen LogP contribution < -0.4 is 10.2 Å². The number of benzene rings is 1. The molecule has 30 heavy (non-hydrogen) atoms. The lowest BCUT2D eigenvalue weighted by molar-refractivity contribution is -0.114. The molecular weight excluding hydrogens is 452 g/mol. The Labute approximate surface area is 182 Å². The van der Waals surface area contributed by atoms with E-state index in [1.54, 1.807) is 17.0 Å². The number of aromatic nitrogens is 1. The summed E-state index contributed by atoms with van der Waals surface area (Å²) in [6, 6.07) is 5.16. The number of hydrogen-bond donors (Lipinski definition) is 1. The van der Waals surface area contributed by atoms with E-state index in [1.165, 1.54) is 17.4 Å². The molecule has 1 saturated heterocycles. The Morgan fingerprint density at radius 1 is 1.33 bits per heavy atom. The maximum atomic E-state index is 12.9. The van der Waals surface area contributed by atoms with Gasteiger partial charge in [0, 0.05) is 36.6 Å². The lowest BCUT2D eigenvalue weighted by atomic mass is 10.0. The van der Waals surface area contributed by atoms with E-state index < -0.39 is 16.1 Å². The monoisotopic (exact) mass is 470 g/mol. The fraction of sp³-hybridized carbons (Fsp3) is 0.389. The quantitative estimate of drug-likeness (QED) is 0.735. The van der Waals surface area contributed by atoms with E-state index in [-0.39, 0.29) is 41.0 Å². The maximum absolute atomic E-state index is 12.9. The van der Waals surface area contributed by atoms with Crippen molar-refractivity contribution in [1.29, 1.82) is 0 Å². The van der Waals surface area contributed by atoms with E-state index in [4.69, 9.17) is 16.3 Å². The second kappa shape index (κ2) is 8.14. The molecular formula is C18H19ClN4O5S2. The number of nitrogens with zero attached hydrogens (tertiary/aromatic N) is 3. The van der Waals surface area contributed by atoms with Gasteiger partial charge in [-0.1, -0.05) is 29.0 Å². The molecule has 2 amide bonds. The Hall–Kier alpha value is -2.21. The molecule has 9 nitrogen and oxygen atoms in total. The first-order valence-corrected chi connectivity index (χ1v) is 11.9. The summed E-state index contributed by atoms with van der Waals surface area (Å²) in [7, 11) is -3.73. The largest absolute Gasteiger partial charge is 0.444 e. The second-order valence-corrected chi connectivity index (χ2v) is 10.6. The summed E-state index contributed by atoms with van der Waals surface area (Å²) in [4.78, 5) is 29.1. The number of hydrogen-bond acceptors (Lipinski definition) is 7. The minimum Gasteiger partial charge on any atom is -0.444 e. The standard InChI is InChI=1S/C18H19ClN4O5S2/c1-11(24)21-17-20-9-16(29-17)30(26,27)22-7-5-12(6-8-22)23-15-4-2-3-14(19)13(15)10-28-18(23)25/h2-4,9,12H,5-8,10H2,1H3,(H,20,21,24). The Bertz CT molecular complexity index is 1100. The third-order valence-corrected chi connectivity index (χ3v) is 8.64. The Kier molecular flexibility index (Phi) is 5.71. The molecule has 4 rings (SSSR count). The van der Waals surface area contributed by atoms with Crippen LogP contribution in [0.15, 0.2) is 28.6 Å². The highest BCUT2D eigenvalue weighted by Gasteiger charge is 2.38. The number of rotatable bonds is 4. The molecule has 1 aromatic carbocycles. The summed E-state index contributed by atoms with van der Waals surface area (Å²) in [5.41, 5.74) is 1.46. The maximum Gasteiger partial charge on any atom is 0.414 e. The first-order chi connectivity index (χ1) is 14.3. The van der Waals surface area contributed by atoms with Crippen LogP contribution in [0.4, 0.5) is 15.6 Å². The van der Waals surface area contributed by atoms with Crippen LogP contribution in [-0.4, -0.2) is 48.8 Å². The van der Waals surface area contributed by atoms with E-state index in [0.717, 1.165) is 16.9 Å². The number of carbonyl (C=O) groups excluding carboxylic acids is 2. The van der Waals surface area contributed by atoms with Crippen molar-refractivity contribution < 1.29 is 22.7 Å². The number of piperidine rings is 1. The molecule has 1 N–H and O–H groups in total. The van der Waals surface area contributed by atoms with Crippen LogP contribution in [0.2, 0.25) is 5.02 Å². The fourth-order valence-electron chi connectivity index (χ4n) is 3.62. The van der Waals surface area contributed by atoms with Gasteiger partial charge >= 0.3 is 6.09 Å². The predicted octanol–water partition coefficient (Wildman–Crippen LogP) is 3.06. The van der Waals surface area contributed by atoms with Crippen molar-refractivity contribution >= 4 is 55.8 Å². The lowest BCUT2D eigenvalue weighted by Gasteiger charge is -2.39. The minimum atomic E-state index is -3.73. The zero-order valence-corrected chi connectivity index (χ0v) is 18.4. The number of cyclic esters (lactones) is 1. The van der Waals surface area contributed by atoms with Gasteiger partial charge in [-0.2, -0.15) is 4.31 Å². The first-order valence-electron chi connectivity index (χ1n) is 9.24. The van der Waals surface area contributed by atoms with Crippen LogP contribution in [0.3, 0.4) is 0 Å². The van der Waals surface area contributed by atoms with Gasteiger partial charge < -0.3 is 10.1 Å². The summed E-state index contributed by atoms with van der Waals surface area (Å²) in [6.07, 6.45) is 1.71. The van der Waals surface area contributed by atoms with Gasteiger partial charge in [-0.05, 0) is 25.0 Å². The minimum absolute atomic E-state index is 0.0687. The summed E-state index contributed by atoms with van der Waals surface area (Å²) >= 11 is 7.15. The van der Waals surface area contributed by atoms with Gasteiger partial charge in [-0.3, -0.25) is 9.69 Å². The van der Waals surface area contributed by atoms with Crippen molar-refractivity contribution in [2.45, 2.75) is 36.6 Å². The molecule has 2 aliphatic heterocycles. The average Bonchev–Trinajstić information content (AvgIpc) is 3.17. The Morgan fingerprint density at radius 3 is 2.77 bits per heavy atom. The van der Waals surface area contributed by atoms with E-state index in [9.17, 15) is 18.0 Å². The van der Waals surface area contributed by atoms with E-state index in [0.29, 0.717) is 23.6 Å². The normalized spacial score (nSPS) is 18.1. The summed E-state index contributed by atoms with van der Waals surface area (Å²) < 4.78 is 32.6. The van der Waals surface area contributed by atoms with Crippen LogP contribution in [0.5, 0.6) is 0 Å². The smallest absolute Gasteiger partial charge is 0.414 e. The number of fused-ring (bicyclic) bond motifs is 1. The average molecular weight is 471 g/mol. The highest BCUT2D eigenvalue weighted by molar-refractivity contribution is 7.91. The number of thiazole rings is 1. The van der Waals surface area contributed by atoms with Crippen LogP contribution in [0.1, 0.15) is 25.3 Å². The molecule has 160 valence electrons. The first kappa shape index (κ1) is 21.0. The van der Waals surface area contributed by atoms with Crippen LogP contribution in [0, 0.1) is 0 Å².